The van der Waals surface area contributed by atoms with Gasteiger partial charge in [-0.3, -0.25) is 0 Å². The highest BCUT2D eigenvalue weighted by molar-refractivity contribution is 6.30. The molecule has 1 unspecified atom stereocenters. The van der Waals surface area contributed by atoms with Gasteiger partial charge in [-0.25, -0.2) is 9.59 Å². The van der Waals surface area contributed by atoms with E-state index in [-0.39, 0.29) is 12.6 Å². The molecule has 0 spiro atoms. The molecule has 1 heterocycles. The number of esters is 1. The molecular weight excluding hydrogens is 420 g/mol. The number of hydrogen-bond acceptors (Lipinski definition) is 5. The molecule has 1 aliphatic rings. The second-order valence-corrected chi connectivity index (χ2v) is 7.42. The Morgan fingerprint density at radius 3 is 2.52 bits per heavy atom. The quantitative estimate of drug-likeness (QED) is 0.638. The van der Waals surface area contributed by atoms with Crippen LogP contribution in [0.25, 0.3) is 0 Å². The van der Waals surface area contributed by atoms with E-state index in [4.69, 9.17) is 25.8 Å². The van der Waals surface area contributed by atoms with Gasteiger partial charge in [0.15, 0.2) is 11.5 Å². The zero-order chi connectivity index (χ0) is 22.5. The van der Waals surface area contributed by atoms with E-state index in [1.54, 1.807) is 51.2 Å². The smallest absolute Gasteiger partial charge is 0.338 e. The molecule has 0 saturated carbocycles. The number of rotatable bonds is 7. The number of nitrogens with zero attached hydrogens (tertiary/aromatic N) is 1. The van der Waals surface area contributed by atoms with Crippen molar-refractivity contribution in [1.82, 2.24) is 10.2 Å². The predicted molar refractivity (Wildman–Crippen MR) is 117 cm³/mol. The molecule has 0 bridgehead atoms. The summed E-state index contributed by atoms with van der Waals surface area (Å²) in [5.41, 5.74) is 2.55. The van der Waals surface area contributed by atoms with Crippen LogP contribution in [-0.2, 0) is 16.1 Å². The maximum absolute atomic E-state index is 12.6. The van der Waals surface area contributed by atoms with Crippen LogP contribution in [0.1, 0.15) is 31.0 Å². The summed E-state index contributed by atoms with van der Waals surface area (Å²) in [7, 11) is 3.14. The van der Waals surface area contributed by atoms with E-state index < -0.39 is 12.0 Å². The molecule has 2 aromatic rings. The molecule has 0 saturated heterocycles. The zero-order valence-electron chi connectivity index (χ0n) is 17.9. The molecule has 164 valence electrons. The number of nitrogens with one attached hydrogen (secondary N) is 1. The summed E-state index contributed by atoms with van der Waals surface area (Å²) in [6.07, 6.45) is 0. The van der Waals surface area contributed by atoms with E-state index in [0.717, 1.165) is 5.56 Å². The first kappa shape index (κ1) is 22.5. The second kappa shape index (κ2) is 9.75. The number of carbonyl (C=O) groups excluding carboxylic acids is 2. The minimum atomic E-state index is -0.665. The van der Waals surface area contributed by atoms with Crippen LogP contribution in [0.4, 0.5) is 4.79 Å². The summed E-state index contributed by atoms with van der Waals surface area (Å²) >= 11 is 5.92. The molecule has 0 aromatic heterocycles. The lowest BCUT2D eigenvalue weighted by atomic mass is 9.94. The summed E-state index contributed by atoms with van der Waals surface area (Å²) < 4.78 is 16.6. The lowest BCUT2D eigenvalue weighted by Crippen LogP contribution is -2.46. The van der Waals surface area contributed by atoms with Crippen molar-refractivity contribution in [3.05, 3.63) is 69.9 Å². The molecule has 0 radical (unpaired) electrons. The van der Waals surface area contributed by atoms with Crippen LogP contribution in [0.3, 0.4) is 0 Å². The van der Waals surface area contributed by atoms with E-state index >= 15 is 0 Å². The van der Waals surface area contributed by atoms with Crippen molar-refractivity contribution in [3.63, 3.8) is 0 Å². The highest BCUT2D eigenvalue weighted by atomic mass is 35.5. The number of urea groups is 1. The zero-order valence-corrected chi connectivity index (χ0v) is 18.7. The Morgan fingerprint density at radius 1 is 1.16 bits per heavy atom. The van der Waals surface area contributed by atoms with Crippen molar-refractivity contribution in [2.75, 3.05) is 20.8 Å². The fourth-order valence-corrected chi connectivity index (χ4v) is 3.41. The number of amides is 2. The van der Waals surface area contributed by atoms with Crippen molar-refractivity contribution >= 4 is 23.6 Å². The molecule has 3 rings (SSSR count). The van der Waals surface area contributed by atoms with Gasteiger partial charge in [0.2, 0.25) is 0 Å². The minimum absolute atomic E-state index is 0.237. The highest BCUT2D eigenvalue weighted by Gasteiger charge is 2.35. The van der Waals surface area contributed by atoms with E-state index in [2.05, 4.69) is 5.32 Å². The Morgan fingerprint density at radius 2 is 1.87 bits per heavy atom. The summed E-state index contributed by atoms with van der Waals surface area (Å²) in [6.45, 7) is 4.04. The Labute approximate surface area is 186 Å². The van der Waals surface area contributed by atoms with Crippen molar-refractivity contribution in [1.29, 1.82) is 0 Å². The number of methoxy groups -OCH3 is 1. The van der Waals surface area contributed by atoms with E-state index in [1.165, 1.54) is 12.0 Å². The van der Waals surface area contributed by atoms with E-state index in [0.29, 0.717) is 40.0 Å². The molecule has 2 aromatic carbocycles. The van der Waals surface area contributed by atoms with Crippen LogP contribution in [0.5, 0.6) is 11.5 Å². The van der Waals surface area contributed by atoms with Gasteiger partial charge in [0.1, 0.15) is 6.61 Å². The summed E-state index contributed by atoms with van der Waals surface area (Å²) in [5.74, 6) is 0.554. The van der Waals surface area contributed by atoms with Gasteiger partial charge in [-0.15, -0.1) is 0 Å². The molecule has 2 amide bonds. The van der Waals surface area contributed by atoms with E-state index in [1.807, 2.05) is 12.1 Å². The summed E-state index contributed by atoms with van der Waals surface area (Å²) in [5, 5.41) is 3.51. The van der Waals surface area contributed by atoms with Gasteiger partial charge in [-0.1, -0.05) is 29.8 Å². The summed E-state index contributed by atoms with van der Waals surface area (Å²) in [6, 6.07) is 11.7. The fraction of sp³-hybridized carbons (Fsp3) is 0.304. The van der Waals surface area contributed by atoms with Crippen LogP contribution in [0.15, 0.2) is 53.7 Å². The molecule has 1 N–H and O–H groups in total. The first-order chi connectivity index (χ1) is 14.8. The lowest BCUT2D eigenvalue weighted by molar-refractivity contribution is -0.139. The van der Waals surface area contributed by atoms with Gasteiger partial charge in [0, 0.05) is 17.8 Å². The molecule has 8 heteroatoms. The monoisotopic (exact) mass is 444 g/mol. The molecule has 1 aliphatic heterocycles. The average Bonchev–Trinajstić information content (AvgIpc) is 2.76. The van der Waals surface area contributed by atoms with Crippen LogP contribution in [0.2, 0.25) is 5.02 Å². The first-order valence-corrected chi connectivity index (χ1v) is 10.2. The highest BCUT2D eigenvalue weighted by Crippen LogP contribution is 2.36. The average molecular weight is 445 g/mol. The van der Waals surface area contributed by atoms with Gasteiger partial charge >= 0.3 is 12.0 Å². The van der Waals surface area contributed by atoms with Crippen LogP contribution in [-0.4, -0.2) is 37.7 Å². The maximum Gasteiger partial charge on any atom is 0.338 e. The first-order valence-electron chi connectivity index (χ1n) is 9.83. The Kier molecular flexibility index (Phi) is 7.07. The van der Waals surface area contributed by atoms with Crippen molar-refractivity contribution < 1.29 is 23.8 Å². The van der Waals surface area contributed by atoms with Crippen molar-refractivity contribution in [2.24, 2.45) is 0 Å². The predicted octanol–water partition coefficient (Wildman–Crippen LogP) is 4.46. The standard InChI is InChI=1S/C23H25ClN2O5/c1-5-30-22(27)20-14(2)26(3)23(28)25-21(20)16-8-11-18(19(12-16)29-4)31-13-15-6-9-17(24)10-7-15/h6-12,21H,5,13H2,1-4H3,(H,25,28). The Hall–Kier alpha value is -3.19. The third kappa shape index (κ3) is 4.94. The molecular formula is C23H25ClN2O5. The van der Waals surface area contributed by atoms with Gasteiger partial charge in [-0.05, 0) is 49.2 Å². The maximum atomic E-state index is 12.6. The number of carbonyl (C=O) groups is 2. The number of hydrogen-bond donors (Lipinski definition) is 1. The number of allylic oxidation sites excluding steroid dienone is 1. The van der Waals surface area contributed by atoms with Crippen molar-refractivity contribution in [3.8, 4) is 11.5 Å². The topological polar surface area (TPSA) is 77.1 Å². The minimum Gasteiger partial charge on any atom is -0.493 e. The molecule has 31 heavy (non-hydrogen) atoms. The number of halogens is 1. The van der Waals surface area contributed by atoms with Crippen LogP contribution < -0.4 is 14.8 Å². The molecule has 0 fully saturated rings. The SMILES string of the molecule is CCOC(=O)C1=C(C)N(C)C(=O)NC1c1ccc(OCc2ccc(Cl)cc2)c(OC)c1. The molecule has 7 nitrogen and oxygen atoms in total. The summed E-state index contributed by atoms with van der Waals surface area (Å²) in [4.78, 5) is 26.4. The van der Waals surface area contributed by atoms with Crippen molar-refractivity contribution in [2.45, 2.75) is 26.5 Å². The van der Waals surface area contributed by atoms with Crippen LogP contribution in [0, 0.1) is 0 Å². The second-order valence-electron chi connectivity index (χ2n) is 6.99. The largest absolute Gasteiger partial charge is 0.493 e. The fourth-order valence-electron chi connectivity index (χ4n) is 3.28. The Balaban J connectivity index is 1.89. The Bertz CT molecular complexity index is 1000. The van der Waals surface area contributed by atoms with Crippen LogP contribution >= 0.6 is 11.6 Å². The normalized spacial score (nSPS) is 16.1. The van der Waals surface area contributed by atoms with Gasteiger partial charge in [0.25, 0.3) is 0 Å². The van der Waals surface area contributed by atoms with E-state index in [9.17, 15) is 9.59 Å². The third-order valence-corrected chi connectivity index (χ3v) is 5.33. The molecule has 1 atom stereocenters. The van der Waals surface area contributed by atoms with Gasteiger partial charge in [0.05, 0.1) is 25.3 Å². The van der Waals surface area contributed by atoms with Gasteiger partial charge in [-0.2, -0.15) is 0 Å². The number of benzene rings is 2. The number of ether oxygens (including phenoxy) is 3. The van der Waals surface area contributed by atoms with Gasteiger partial charge < -0.3 is 24.4 Å². The lowest BCUT2D eigenvalue weighted by Gasteiger charge is -2.33. The molecule has 0 aliphatic carbocycles. The third-order valence-electron chi connectivity index (χ3n) is 5.08.